The third kappa shape index (κ3) is 6.19. The molecule has 0 heterocycles. The SMILES string of the molecule is COc1ccc(N(C)C(=O)[C@@H](NC(=O)NS(=O)(=O)c2ccccc2C)[C@@H](C)c2ccccc2)cc1. The van der Waals surface area contributed by atoms with Gasteiger partial charge in [0.2, 0.25) is 5.91 Å². The molecule has 0 spiro atoms. The van der Waals surface area contributed by atoms with Crippen LogP contribution >= 0.6 is 0 Å². The van der Waals surface area contributed by atoms with E-state index in [0.29, 0.717) is 17.0 Å². The lowest BCUT2D eigenvalue weighted by Gasteiger charge is -2.29. The highest BCUT2D eigenvalue weighted by molar-refractivity contribution is 7.90. The van der Waals surface area contributed by atoms with Crippen LogP contribution in [0.4, 0.5) is 10.5 Å². The predicted molar refractivity (Wildman–Crippen MR) is 135 cm³/mol. The molecule has 0 aliphatic carbocycles. The number of likely N-dealkylation sites (N-methyl/N-ethyl adjacent to an activating group) is 1. The molecule has 3 amide bonds. The van der Waals surface area contributed by atoms with Crippen molar-refractivity contribution in [2.75, 3.05) is 19.1 Å². The number of nitrogens with one attached hydrogen (secondary N) is 2. The lowest BCUT2D eigenvalue weighted by molar-refractivity contribution is -0.120. The zero-order valence-electron chi connectivity index (χ0n) is 20.1. The average molecular weight is 496 g/mol. The Labute approximate surface area is 206 Å². The first-order valence-corrected chi connectivity index (χ1v) is 12.5. The molecule has 3 rings (SSSR count). The van der Waals surface area contributed by atoms with Crippen molar-refractivity contribution in [3.63, 3.8) is 0 Å². The number of hydrogen-bond donors (Lipinski definition) is 2. The highest BCUT2D eigenvalue weighted by Gasteiger charge is 2.32. The number of nitrogens with zero attached hydrogens (tertiary/aromatic N) is 1. The lowest BCUT2D eigenvalue weighted by Crippen LogP contribution is -2.53. The van der Waals surface area contributed by atoms with Crippen LogP contribution in [0.25, 0.3) is 0 Å². The molecule has 8 nitrogen and oxygen atoms in total. The second-order valence-corrected chi connectivity index (χ2v) is 9.77. The summed E-state index contributed by atoms with van der Waals surface area (Å²) in [6, 6.07) is 20.4. The predicted octanol–water partition coefficient (Wildman–Crippen LogP) is 3.83. The maximum Gasteiger partial charge on any atom is 0.329 e. The summed E-state index contributed by atoms with van der Waals surface area (Å²) < 4.78 is 32.8. The van der Waals surface area contributed by atoms with Crippen LogP contribution in [0.5, 0.6) is 5.75 Å². The van der Waals surface area contributed by atoms with Gasteiger partial charge in [-0.2, -0.15) is 0 Å². The highest BCUT2D eigenvalue weighted by Crippen LogP contribution is 2.24. The monoisotopic (exact) mass is 495 g/mol. The number of ether oxygens (including phenoxy) is 1. The molecule has 0 saturated heterocycles. The Morgan fingerprint density at radius 1 is 0.914 bits per heavy atom. The molecule has 184 valence electrons. The minimum Gasteiger partial charge on any atom is -0.497 e. The molecule has 0 aliphatic rings. The van der Waals surface area contributed by atoms with Crippen LogP contribution in [-0.2, 0) is 14.8 Å². The van der Waals surface area contributed by atoms with Crippen molar-refractivity contribution in [1.29, 1.82) is 0 Å². The summed E-state index contributed by atoms with van der Waals surface area (Å²) in [6.07, 6.45) is 0. The number of anilines is 1. The first-order valence-electron chi connectivity index (χ1n) is 11.0. The normalized spacial score (nSPS) is 12.8. The molecular weight excluding hydrogens is 466 g/mol. The number of sulfonamides is 1. The average Bonchev–Trinajstić information content (AvgIpc) is 2.86. The van der Waals surface area contributed by atoms with Crippen LogP contribution in [0.15, 0.2) is 83.8 Å². The maximum absolute atomic E-state index is 13.5. The van der Waals surface area contributed by atoms with Gasteiger partial charge in [-0.1, -0.05) is 55.5 Å². The number of benzene rings is 3. The van der Waals surface area contributed by atoms with Crippen molar-refractivity contribution in [3.8, 4) is 5.75 Å². The maximum atomic E-state index is 13.5. The van der Waals surface area contributed by atoms with Crippen molar-refractivity contribution >= 4 is 27.6 Å². The largest absolute Gasteiger partial charge is 0.497 e. The summed E-state index contributed by atoms with van der Waals surface area (Å²) in [5.74, 6) is -0.214. The van der Waals surface area contributed by atoms with Crippen molar-refractivity contribution < 1.29 is 22.7 Å². The molecule has 3 aromatic rings. The van der Waals surface area contributed by atoms with E-state index in [4.69, 9.17) is 4.74 Å². The minimum atomic E-state index is -4.13. The van der Waals surface area contributed by atoms with Gasteiger partial charge in [-0.25, -0.2) is 17.9 Å². The van der Waals surface area contributed by atoms with E-state index in [0.717, 1.165) is 5.56 Å². The minimum absolute atomic E-state index is 0.00974. The van der Waals surface area contributed by atoms with Crippen molar-refractivity contribution in [2.45, 2.75) is 30.7 Å². The van der Waals surface area contributed by atoms with Gasteiger partial charge in [0.15, 0.2) is 0 Å². The first-order chi connectivity index (χ1) is 16.6. The number of hydrogen-bond acceptors (Lipinski definition) is 5. The summed E-state index contributed by atoms with van der Waals surface area (Å²) in [7, 11) is -0.986. The molecule has 3 aromatic carbocycles. The van der Waals surface area contributed by atoms with E-state index < -0.39 is 33.9 Å². The highest BCUT2D eigenvalue weighted by atomic mass is 32.2. The summed E-state index contributed by atoms with van der Waals surface area (Å²) in [5, 5.41) is 2.59. The van der Waals surface area contributed by atoms with Crippen LogP contribution in [0.2, 0.25) is 0 Å². The number of carbonyl (C=O) groups excluding carboxylic acids is 2. The Morgan fingerprint density at radius 3 is 2.11 bits per heavy atom. The quantitative estimate of drug-likeness (QED) is 0.494. The molecule has 35 heavy (non-hydrogen) atoms. The number of rotatable bonds is 8. The number of carbonyl (C=O) groups is 2. The van der Waals surface area contributed by atoms with E-state index in [1.807, 2.05) is 35.1 Å². The third-order valence-corrected chi connectivity index (χ3v) is 7.27. The van der Waals surface area contributed by atoms with Gasteiger partial charge in [-0.05, 0) is 48.4 Å². The van der Waals surface area contributed by atoms with Gasteiger partial charge in [0.25, 0.3) is 10.0 Å². The molecule has 0 aliphatic heterocycles. The number of methoxy groups -OCH3 is 1. The van der Waals surface area contributed by atoms with Gasteiger partial charge in [0.05, 0.1) is 12.0 Å². The number of urea groups is 1. The smallest absolute Gasteiger partial charge is 0.329 e. The van der Waals surface area contributed by atoms with Gasteiger partial charge in [-0.3, -0.25) is 4.79 Å². The fourth-order valence-electron chi connectivity index (χ4n) is 3.70. The van der Waals surface area contributed by atoms with E-state index >= 15 is 0 Å². The fourth-order valence-corrected chi connectivity index (χ4v) is 4.86. The van der Waals surface area contributed by atoms with Crippen LogP contribution < -0.4 is 19.7 Å². The standard InChI is InChI=1S/C26H29N3O5S/c1-18-10-8-9-13-23(18)35(32,33)28-26(31)27-24(19(2)20-11-6-5-7-12-20)25(30)29(3)21-14-16-22(34-4)17-15-21/h5-17,19,24H,1-4H3,(H2,27,28,31)/t19-,24-/m0/s1. The molecule has 2 N–H and O–H groups in total. The molecular formula is C26H29N3O5S. The first kappa shape index (κ1) is 25.8. The summed E-state index contributed by atoms with van der Waals surface area (Å²) in [5.41, 5.74) is 1.91. The fraction of sp³-hybridized carbons (Fsp3) is 0.231. The van der Waals surface area contributed by atoms with Crippen LogP contribution in [0.3, 0.4) is 0 Å². The zero-order valence-corrected chi connectivity index (χ0v) is 20.9. The van der Waals surface area contributed by atoms with Crippen molar-refractivity contribution in [1.82, 2.24) is 10.0 Å². The molecule has 0 aromatic heterocycles. The third-order valence-electron chi connectivity index (χ3n) is 5.78. The molecule has 9 heteroatoms. The Hall–Kier alpha value is -3.85. The van der Waals surface area contributed by atoms with E-state index in [1.165, 1.54) is 11.0 Å². The van der Waals surface area contributed by atoms with Crippen molar-refractivity contribution in [2.24, 2.45) is 0 Å². The van der Waals surface area contributed by atoms with Crippen molar-refractivity contribution in [3.05, 3.63) is 90.0 Å². The number of amides is 3. The van der Waals surface area contributed by atoms with Gasteiger partial charge < -0.3 is 15.0 Å². The molecule has 0 bridgehead atoms. The lowest BCUT2D eigenvalue weighted by atomic mass is 9.92. The number of aryl methyl sites for hydroxylation is 1. The van der Waals surface area contributed by atoms with Gasteiger partial charge in [0.1, 0.15) is 11.8 Å². The van der Waals surface area contributed by atoms with Crippen LogP contribution in [-0.4, -0.2) is 40.6 Å². The second kappa shape index (κ2) is 11.1. The van der Waals surface area contributed by atoms with E-state index in [9.17, 15) is 18.0 Å². The van der Waals surface area contributed by atoms with E-state index in [1.54, 1.807) is 70.5 Å². The van der Waals surface area contributed by atoms with Gasteiger partial charge in [0, 0.05) is 18.7 Å². The Balaban J connectivity index is 1.87. The molecule has 0 unspecified atom stereocenters. The molecule has 0 fully saturated rings. The Bertz CT molecular complexity index is 1280. The Morgan fingerprint density at radius 2 is 1.51 bits per heavy atom. The molecule has 0 radical (unpaired) electrons. The summed E-state index contributed by atoms with van der Waals surface area (Å²) in [4.78, 5) is 27.8. The van der Waals surface area contributed by atoms with E-state index in [-0.39, 0.29) is 4.90 Å². The molecule has 2 atom stereocenters. The van der Waals surface area contributed by atoms with E-state index in [2.05, 4.69) is 5.32 Å². The zero-order chi connectivity index (χ0) is 25.6. The van der Waals surface area contributed by atoms with Crippen LogP contribution in [0, 0.1) is 6.92 Å². The topological polar surface area (TPSA) is 105 Å². The summed E-state index contributed by atoms with van der Waals surface area (Å²) >= 11 is 0. The van der Waals surface area contributed by atoms with Crippen LogP contribution in [0.1, 0.15) is 24.0 Å². The summed E-state index contributed by atoms with van der Waals surface area (Å²) in [6.45, 7) is 3.44. The molecule has 0 saturated carbocycles. The second-order valence-electron chi connectivity index (χ2n) is 8.12. The van der Waals surface area contributed by atoms with Gasteiger partial charge >= 0.3 is 6.03 Å². The Kier molecular flexibility index (Phi) is 8.14. The van der Waals surface area contributed by atoms with Gasteiger partial charge in [-0.15, -0.1) is 0 Å².